The van der Waals surface area contributed by atoms with Gasteiger partial charge < -0.3 is 9.52 Å². The van der Waals surface area contributed by atoms with E-state index in [1.54, 1.807) is 6.07 Å². The van der Waals surface area contributed by atoms with Crippen molar-refractivity contribution in [3.63, 3.8) is 0 Å². The van der Waals surface area contributed by atoms with E-state index in [0.717, 1.165) is 0 Å². The molecule has 0 atom stereocenters. The molecule has 0 fully saturated rings. The first kappa shape index (κ1) is 8.14. The molecule has 1 heterocycles. The number of aryl methyl sites for hydroxylation is 1. The molecule has 1 aromatic heterocycles. The Morgan fingerprint density at radius 1 is 1.73 bits per heavy atom. The summed E-state index contributed by atoms with van der Waals surface area (Å²) in [5, 5.41) is 8.81. The second-order valence-electron chi connectivity index (χ2n) is 2.12. The number of halogens is 1. The first-order valence-electron chi connectivity index (χ1n) is 3.13. The van der Waals surface area contributed by atoms with Crippen LogP contribution in [0, 0.1) is 0 Å². The largest absolute Gasteiger partial charge is 0.481 e. The van der Waals surface area contributed by atoms with Crippen molar-refractivity contribution in [1.29, 1.82) is 0 Å². The van der Waals surface area contributed by atoms with Crippen LogP contribution in [0.25, 0.3) is 0 Å². The maximum Gasteiger partial charge on any atom is 0.303 e. The molecule has 0 saturated heterocycles. The zero-order valence-corrected chi connectivity index (χ0v) is 6.47. The lowest BCUT2D eigenvalue weighted by molar-refractivity contribution is -0.137. The maximum atomic E-state index is 10.1. The van der Waals surface area contributed by atoms with E-state index in [0.29, 0.717) is 17.2 Å². The highest BCUT2D eigenvalue weighted by Gasteiger charge is 2.02. The van der Waals surface area contributed by atoms with Crippen LogP contribution >= 0.6 is 11.6 Å². The van der Waals surface area contributed by atoms with Crippen LogP contribution in [0.1, 0.15) is 12.2 Å². The molecule has 0 aliphatic carbocycles. The lowest BCUT2D eigenvalue weighted by Crippen LogP contribution is -1.95. The van der Waals surface area contributed by atoms with Crippen LogP contribution in [0.5, 0.6) is 0 Å². The van der Waals surface area contributed by atoms with Crippen LogP contribution in [0.3, 0.4) is 0 Å². The molecule has 0 aliphatic rings. The number of aliphatic carboxylic acids is 1. The van der Waals surface area contributed by atoms with Crippen LogP contribution in [0.15, 0.2) is 16.7 Å². The molecule has 0 radical (unpaired) electrons. The van der Waals surface area contributed by atoms with Gasteiger partial charge in [0.25, 0.3) is 0 Å². The number of carboxylic acid groups (broad SMARTS) is 1. The van der Waals surface area contributed by atoms with Gasteiger partial charge in [0.1, 0.15) is 12.0 Å². The lowest BCUT2D eigenvalue weighted by Gasteiger charge is -1.89. The molecule has 1 aromatic rings. The van der Waals surface area contributed by atoms with Crippen LogP contribution < -0.4 is 0 Å². The average Bonchev–Trinajstić information content (AvgIpc) is 2.31. The molecule has 1 N–H and O–H groups in total. The van der Waals surface area contributed by atoms with E-state index < -0.39 is 5.97 Å². The van der Waals surface area contributed by atoms with Gasteiger partial charge in [-0.15, -0.1) is 0 Å². The zero-order chi connectivity index (χ0) is 8.27. The first-order chi connectivity index (χ1) is 5.18. The van der Waals surface area contributed by atoms with Crippen molar-refractivity contribution >= 4 is 17.6 Å². The van der Waals surface area contributed by atoms with Gasteiger partial charge in [-0.3, -0.25) is 4.79 Å². The molecular formula is C7H7ClO3. The third kappa shape index (κ3) is 2.63. The molecule has 0 bridgehead atoms. The molecule has 11 heavy (non-hydrogen) atoms. The topological polar surface area (TPSA) is 50.4 Å². The highest BCUT2D eigenvalue weighted by Crippen LogP contribution is 2.14. The van der Waals surface area contributed by atoms with E-state index in [1.165, 1.54) is 6.26 Å². The third-order valence-corrected chi connectivity index (χ3v) is 1.41. The Morgan fingerprint density at radius 3 is 2.91 bits per heavy atom. The van der Waals surface area contributed by atoms with Crippen LogP contribution in [0.4, 0.5) is 0 Å². The summed E-state index contributed by atoms with van der Waals surface area (Å²) in [5.74, 6) is -0.227. The van der Waals surface area contributed by atoms with Gasteiger partial charge in [-0.05, 0) is 6.07 Å². The van der Waals surface area contributed by atoms with Crippen molar-refractivity contribution in [2.24, 2.45) is 0 Å². The highest BCUT2D eigenvalue weighted by molar-refractivity contribution is 6.30. The van der Waals surface area contributed by atoms with Gasteiger partial charge in [0, 0.05) is 6.42 Å². The summed E-state index contributed by atoms with van der Waals surface area (Å²) in [5.41, 5.74) is 0. The number of rotatable bonds is 3. The Kier molecular flexibility index (Phi) is 2.54. The van der Waals surface area contributed by atoms with Crippen molar-refractivity contribution < 1.29 is 14.3 Å². The monoisotopic (exact) mass is 174 g/mol. The normalized spacial score (nSPS) is 9.91. The van der Waals surface area contributed by atoms with Crippen molar-refractivity contribution in [3.05, 3.63) is 23.1 Å². The fourth-order valence-electron chi connectivity index (χ4n) is 0.715. The van der Waals surface area contributed by atoms with Crippen molar-refractivity contribution in [3.8, 4) is 0 Å². The summed E-state index contributed by atoms with van der Waals surface area (Å²) >= 11 is 5.53. The first-order valence-corrected chi connectivity index (χ1v) is 3.51. The average molecular weight is 175 g/mol. The molecule has 1 rings (SSSR count). The van der Waals surface area contributed by atoms with E-state index in [1.807, 2.05) is 0 Å². The minimum atomic E-state index is -0.836. The minimum Gasteiger partial charge on any atom is -0.481 e. The summed E-state index contributed by atoms with van der Waals surface area (Å²) in [6.07, 6.45) is 1.85. The number of furan rings is 1. The molecule has 0 aliphatic heterocycles. The standard InChI is InChI=1S/C7H7ClO3/c8-5-3-6(11-4-5)1-2-7(9)10/h3-4H,1-2H2,(H,9,10). The molecule has 0 amide bonds. The number of hydrogen-bond donors (Lipinski definition) is 1. The summed E-state index contributed by atoms with van der Waals surface area (Å²) < 4.78 is 4.92. The predicted octanol–water partition coefficient (Wildman–Crippen LogP) is 1.95. The summed E-state index contributed by atoms with van der Waals surface area (Å²) in [6, 6.07) is 1.62. The molecule has 0 aromatic carbocycles. The maximum absolute atomic E-state index is 10.1. The molecule has 60 valence electrons. The minimum absolute atomic E-state index is 0.0733. The zero-order valence-electron chi connectivity index (χ0n) is 5.71. The Bertz CT molecular complexity index is 254. The summed E-state index contributed by atoms with van der Waals surface area (Å²) in [6.45, 7) is 0. The quantitative estimate of drug-likeness (QED) is 0.762. The summed E-state index contributed by atoms with van der Waals surface area (Å²) in [7, 11) is 0. The highest BCUT2D eigenvalue weighted by atomic mass is 35.5. The van der Waals surface area contributed by atoms with E-state index >= 15 is 0 Å². The molecular weight excluding hydrogens is 168 g/mol. The van der Waals surface area contributed by atoms with Crippen LogP contribution in [0.2, 0.25) is 5.02 Å². The van der Waals surface area contributed by atoms with Gasteiger partial charge in [-0.25, -0.2) is 0 Å². The summed E-state index contributed by atoms with van der Waals surface area (Å²) in [4.78, 5) is 10.1. The van der Waals surface area contributed by atoms with Crippen molar-refractivity contribution in [1.82, 2.24) is 0 Å². The fourth-order valence-corrected chi connectivity index (χ4v) is 0.881. The number of carbonyl (C=O) groups is 1. The molecule has 0 saturated carbocycles. The SMILES string of the molecule is O=C(O)CCc1cc(Cl)co1. The molecule has 4 heteroatoms. The Balaban J connectivity index is 2.45. The predicted molar refractivity (Wildman–Crippen MR) is 39.7 cm³/mol. The molecule has 0 spiro atoms. The van der Waals surface area contributed by atoms with E-state index in [9.17, 15) is 4.79 Å². The van der Waals surface area contributed by atoms with Crippen molar-refractivity contribution in [2.75, 3.05) is 0 Å². The second-order valence-corrected chi connectivity index (χ2v) is 2.56. The lowest BCUT2D eigenvalue weighted by atomic mass is 10.2. The van der Waals surface area contributed by atoms with Crippen LogP contribution in [-0.2, 0) is 11.2 Å². The smallest absolute Gasteiger partial charge is 0.303 e. The van der Waals surface area contributed by atoms with Gasteiger partial charge in [0.05, 0.1) is 11.4 Å². The Labute approximate surface area is 68.6 Å². The van der Waals surface area contributed by atoms with Crippen molar-refractivity contribution in [2.45, 2.75) is 12.8 Å². The number of carboxylic acids is 1. The van der Waals surface area contributed by atoms with Crippen LogP contribution in [-0.4, -0.2) is 11.1 Å². The van der Waals surface area contributed by atoms with E-state index in [4.69, 9.17) is 21.1 Å². The van der Waals surface area contributed by atoms with E-state index in [2.05, 4.69) is 0 Å². The van der Waals surface area contributed by atoms with Gasteiger partial charge in [0.2, 0.25) is 0 Å². The number of hydrogen-bond acceptors (Lipinski definition) is 2. The fraction of sp³-hybridized carbons (Fsp3) is 0.286. The van der Waals surface area contributed by atoms with Gasteiger partial charge >= 0.3 is 5.97 Å². The third-order valence-electron chi connectivity index (χ3n) is 1.21. The second kappa shape index (κ2) is 3.44. The molecule has 0 unspecified atom stereocenters. The van der Waals surface area contributed by atoms with Gasteiger partial charge in [-0.2, -0.15) is 0 Å². The Morgan fingerprint density at radius 2 is 2.45 bits per heavy atom. The van der Waals surface area contributed by atoms with Gasteiger partial charge in [0.15, 0.2) is 0 Å². The van der Waals surface area contributed by atoms with Gasteiger partial charge in [-0.1, -0.05) is 11.6 Å². The molecule has 3 nitrogen and oxygen atoms in total. The Hall–Kier alpha value is -0.960. The van der Waals surface area contributed by atoms with E-state index in [-0.39, 0.29) is 6.42 Å².